The van der Waals surface area contributed by atoms with Crippen molar-refractivity contribution in [3.05, 3.63) is 70.8 Å². The van der Waals surface area contributed by atoms with Gasteiger partial charge in [-0.2, -0.15) is 0 Å². The SMILES string of the molecule is Cc1cccc(CSC2=NCCN2C(=O)c2ccccc2C)c1. The minimum absolute atomic E-state index is 0.0519. The van der Waals surface area contributed by atoms with Gasteiger partial charge in [-0.05, 0) is 31.0 Å². The number of amides is 1. The number of carbonyl (C=O) groups is 1. The first-order valence-corrected chi connectivity index (χ1v) is 8.74. The number of benzene rings is 2. The summed E-state index contributed by atoms with van der Waals surface area (Å²) in [6.07, 6.45) is 0. The van der Waals surface area contributed by atoms with Crippen LogP contribution in [0.25, 0.3) is 0 Å². The molecule has 0 fully saturated rings. The summed E-state index contributed by atoms with van der Waals surface area (Å²) in [6, 6.07) is 16.2. The van der Waals surface area contributed by atoms with Gasteiger partial charge in [-0.15, -0.1) is 0 Å². The van der Waals surface area contributed by atoms with Crippen LogP contribution in [0.3, 0.4) is 0 Å². The molecule has 1 aliphatic rings. The minimum atomic E-state index is 0.0519. The Bertz CT molecular complexity index is 755. The minimum Gasteiger partial charge on any atom is -0.286 e. The molecule has 0 aromatic heterocycles. The number of hydrogen-bond donors (Lipinski definition) is 0. The first-order chi connectivity index (χ1) is 11.1. The van der Waals surface area contributed by atoms with E-state index in [-0.39, 0.29) is 5.91 Å². The summed E-state index contributed by atoms with van der Waals surface area (Å²) in [6.45, 7) is 5.42. The van der Waals surface area contributed by atoms with Crippen molar-refractivity contribution in [2.75, 3.05) is 13.1 Å². The normalized spacial score (nSPS) is 14.0. The Kier molecular flexibility index (Phi) is 4.82. The summed E-state index contributed by atoms with van der Waals surface area (Å²) in [7, 11) is 0. The highest BCUT2D eigenvalue weighted by Crippen LogP contribution is 2.22. The Hall–Kier alpha value is -2.07. The second kappa shape index (κ2) is 7.01. The first-order valence-electron chi connectivity index (χ1n) is 7.75. The maximum atomic E-state index is 12.8. The van der Waals surface area contributed by atoms with Crippen molar-refractivity contribution in [2.24, 2.45) is 4.99 Å². The molecule has 3 rings (SSSR count). The second-order valence-corrected chi connectivity index (χ2v) is 6.66. The van der Waals surface area contributed by atoms with Crippen LogP contribution in [0.2, 0.25) is 0 Å². The van der Waals surface area contributed by atoms with Crippen LogP contribution in [0.1, 0.15) is 27.0 Å². The summed E-state index contributed by atoms with van der Waals surface area (Å²) in [5.41, 5.74) is 4.28. The van der Waals surface area contributed by atoms with E-state index in [1.165, 1.54) is 11.1 Å². The molecule has 0 atom stereocenters. The highest BCUT2D eigenvalue weighted by atomic mass is 32.2. The molecule has 1 amide bonds. The molecular weight excluding hydrogens is 304 g/mol. The fraction of sp³-hybridized carbons (Fsp3) is 0.263. The standard InChI is InChI=1S/C19H20N2OS/c1-14-6-5-8-16(12-14)13-23-19-20-10-11-21(19)18(22)17-9-4-3-7-15(17)2/h3-9,12H,10-11,13H2,1-2H3. The average molecular weight is 324 g/mol. The van der Waals surface area contributed by atoms with Crippen LogP contribution in [0.5, 0.6) is 0 Å². The monoisotopic (exact) mass is 324 g/mol. The van der Waals surface area contributed by atoms with Crippen LogP contribution in [-0.4, -0.2) is 29.1 Å². The zero-order valence-electron chi connectivity index (χ0n) is 13.5. The maximum absolute atomic E-state index is 12.8. The van der Waals surface area contributed by atoms with Gasteiger partial charge in [0.1, 0.15) is 0 Å². The van der Waals surface area contributed by atoms with Crippen LogP contribution in [0, 0.1) is 13.8 Å². The topological polar surface area (TPSA) is 32.7 Å². The number of aryl methyl sites for hydroxylation is 2. The second-order valence-electron chi connectivity index (χ2n) is 5.71. The van der Waals surface area contributed by atoms with Gasteiger partial charge in [-0.25, -0.2) is 0 Å². The van der Waals surface area contributed by atoms with Crippen molar-refractivity contribution < 1.29 is 4.79 Å². The van der Waals surface area contributed by atoms with Gasteiger partial charge in [-0.1, -0.05) is 59.8 Å². The van der Waals surface area contributed by atoms with Crippen molar-refractivity contribution >= 4 is 22.8 Å². The molecule has 3 nitrogen and oxygen atoms in total. The lowest BCUT2D eigenvalue weighted by atomic mass is 10.1. The maximum Gasteiger partial charge on any atom is 0.260 e. The third-order valence-corrected chi connectivity index (χ3v) is 4.96. The molecule has 0 N–H and O–H groups in total. The van der Waals surface area contributed by atoms with E-state index >= 15 is 0 Å². The smallest absolute Gasteiger partial charge is 0.260 e. The molecule has 0 unspecified atom stereocenters. The third kappa shape index (κ3) is 3.64. The van der Waals surface area contributed by atoms with Crippen molar-refractivity contribution in [2.45, 2.75) is 19.6 Å². The van der Waals surface area contributed by atoms with Gasteiger partial charge in [0, 0.05) is 17.9 Å². The number of amidine groups is 1. The van der Waals surface area contributed by atoms with Crippen molar-refractivity contribution in [3.8, 4) is 0 Å². The molecule has 1 heterocycles. The fourth-order valence-corrected chi connectivity index (χ4v) is 3.63. The van der Waals surface area contributed by atoms with Crippen LogP contribution in [-0.2, 0) is 5.75 Å². The molecule has 0 radical (unpaired) electrons. The molecule has 0 bridgehead atoms. The largest absolute Gasteiger partial charge is 0.286 e. The lowest BCUT2D eigenvalue weighted by molar-refractivity contribution is 0.0860. The van der Waals surface area contributed by atoms with Gasteiger partial charge in [0.15, 0.2) is 5.17 Å². The van der Waals surface area contributed by atoms with Gasteiger partial charge in [0.25, 0.3) is 5.91 Å². The Morgan fingerprint density at radius 3 is 2.78 bits per heavy atom. The van der Waals surface area contributed by atoms with Gasteiger partial charge >= 0.3 is 0 Å². The van der Waals surface area contributed by atoms with Gasteiger partial charge in [0.2, 0.25) is 0 Å². The van der Waals surface area contributed by atoms with Crippen molar-refractivity contribution in [3.63, 3.8) is 0 Å². The third-order valence-electron chi connectivity index (χ3n) is 3.87. The lowest BCUT2D eigenvalue weighted by Crippen LogP contribution is -2.33. The van der Waals surface area contributed by atoms with Gasteiger partial charge in [0.05, 0.1) is 6.54 Å². The molecule has 1 aliphatic heterocycles. The number of nitrogens with zero attached hydrogens (tertiary/aromatic N) is 2. The molecule has 0 saturated carbocycles. The molecule has 0 saturated heterocycles. The Balaban J connectivity index is 1.70. The number of rotatable bonds is 3. The van der Waals surface area contributed by atoms with E-state index in [0.29, 0.717) is 13.1 Å². The number of hydrogen-bond acceptors (Lipinski definition) is 3. The molecule has 4 heteroatoms. The average Bonchev–Trinajstić information content (AvgIpc) is 3.01. The summed E-state index contributed by atoms with van der Waals surface area (Å²) >= 11 is 1.64. The summed E-state index contributed by atoms with van der Waals surface area (Å²) in [5.74, 6) is 0.883. The number of thioether (sulfide) groups is 1. The zero-order valence-corrected chi connectivity index (χ0v) is 14.3. The van der Waals surface area contributed by atoms with Crippen LogP contribution in [0.15, 0.2) is 53.5 Å². The Labute approximate surface area is 141 Å². The predicted octanol–water partition coefficient (Wildman–Crippen LogP) is 4.05. The van der Waals surface area contributed by atoms with E-state index < -0.39 is 0 Å². The highest BCUT2D eigenvalue weighted by Gasteiger charge is 2.25. The van der Waals surface area contributed by atoms with E-state index in [2.05, 4.69) is 36.2 Å². The summed E-state index contributed by atoms with van der Waals surface area (Å²) < 4.78 is 0. The van der Waals surface area contributed by atoms with Crippen LogP contribution >= 0.6 is 11.8 Å². The molecule has 118 valence electrons. The first kappa shape index (κ1) is 15.8. The molecule has 0 spiro atoms. The molecule has 2 aromatic rings. The zero-order chi connectivity index (χ0) is 16.2. The summed E-state index contributed by atoms with van der Waals surface area (Å²) in [5, 5.41) is 0.833. The highest BCUT2D eigenvalue weighted by molar-refractivity contribution is 8.13. The van der Waals surface area contributed by atoms with E-state index in [4.69, 9.17) is 0 Å². The van der Waals surface area contributed by atoms with Crippen molar-refractivity contribution in [1.82, 2.24) is 4.90 Å². The quantitative estimate of drug-likeness (QED) is 0.853. The molecule has 2 aromatic carbocycles. The van der Waals surface area contributed by atoms with Crippen LogP contribution < -0.4 is 0 Å². The Morgan fingerprint density at radius 2 is 2.00 bits per heavy atom. The van der Waals surface area contributed by atoms with Gasteiger partial charge in [-0.3, -0.25) is 14.7 Å². The van der Waals surface area contributed by atoms with E-state index in [9.17, 15) is 4.79 Å². The van der Waals surface area contributed by atoms with Crippen molar-refractivity contribution in [1.29, 1.82) is 0 Å². The number of aliphatic imine (C=N–C) groups is 1. The predicted molar refractivity (Wildman–Crippen MR) is 97.0 cm³/mol. The van der Waals surface area contributed by atoms with Gasteiger partial charge < -0.3 is 0 Å². The Morgan fingerprint density at radius 1 is 1.17 bits per heavy atom. The van der Waals surface area contributed by atoms with Crippen LogP contribution in [0.4, 0.5) is 0 Å². The van der Waals surface area contributed by atoms with E-state index in [1.807, 2.05) is 36.1 Å². The fourth-order valence-electron chi connectivity index (χ4n) is 2.65. The summed E-state index contributed by atoms with van der Waals surface area (Å²) in [4.78, 5) is 19.1. The molecule has 0 aliphatic carbocycles. The molecule has 23 heavy (non-hydrogen) atoms. The molecular formula is C19H20N2OS. The van der Waals surface area contributed by atoms with E-state index in [1.54, 1.807) is 11.8 Å². The number of carbonyl (C=O) groups excluding carboxylic acids is 1. The van der Waals surface area contributed by atoms with E-state index in [0.717, 1.165) is 22.0 Å². The lowest BCUT2D eigenvalue weighted by Gasteiger charge is -2.19.